The Bertz CT molecular complexity index is 344. The zero-order valence-electron chi connectivity index (χ0n) is 10.6. The van der Waals surface area contributed by atoms with Gasteiger partial charge in [0.1, 0.15) is 0 Å². The lowest BCUT2D eigenvalue weighted by Gasteiger charge is -2.34. The van der Waals surface area contributed by atoms with Crippen molar-refractivity contribution in [2.75, 3.05) is 12.3 Å². The number of hydrogen-bond donors (Lipinski definition) is 1. The van der Waals surface area contributed by atoms with Crippen molar-refractivity contribution in [3.05, 3.63) is 0 Å². The first-order valence-electron chi connectivity index (χ1n) is 6.78. The Labute approximate surface area is 105 Å². The highest BCUT2D eigenvalue weighted by Gasteiger charge is 2.35. The zero-order chi connectivity index (χ0) is 12.5. The summed E-state index contributed by atoms with van der Waals surface area (Å²) in [5.41, 5.74) is 5.87. The van der Waals surface area contributed by atoms with Crippen LogP contribution in [0, 0.1) is 5.92 Å². The summed E-state index contributed by atoms with van der Waals surface area (Å²) in [6.45, 7) is 2.55. The molecular weight excluding hydrogens is 236 g/mol. The van der Waals surface area contributed by atoms with E-state index in [0.717, 1.165) is 38.5 Å². The summed E-state index contributed by atoms with van der Waals surface area (Å²) in [7, 11) is -3.03. The van der Waals surface area contributed by atoms with Crippen LogP contribution in [-0.4, -0.2) is 37.1 Å². The first-order valence-corrected chi connectivity index (χ1v) is 8.39. The molecule has 2 aliphatic rings. The summed E-state index contributed by atoms with van der Waals surface area (Å²) >= 11 is 0. The van der Waals surface area contributed by atoms with Crippen molar-refractivity contribution in [3.8, 4) is 0 Å². The fourth-order valence-electron chi connectivity index (χ4n) is 2.75. The molecule has 2 fully saturated rings. The number of rotatable bonds is 5. The molecule has 0 unspecified atom stereocenters. The lowest BCUT2D eigenvalue weighted by molar-refractivity contribution is 0.247. The average molecular weight is 260 g/mol. The van der Waals surface area contributed by atoms with Gasteiger partial charge in [0.05, 0.1) is 5.75 Å². The highest BCUT2D eigenvalue weighted by Crippen LogP contribution is 2.33. The fourth-order valence-corrected chi connectivity index (χ4v) is 4.93. The molecule has 100 valence electrons. The Balaban J connectivity index is 1.99. The highest BCUT2D eigenvalue weighted by atomic mass is 32.2. The van der Waals surface area contributed by atoms with E-state index in [4.69, 9.17) is 5.73 Å². The number of nitrogens with zero attached hydrogens (tertiary/aromatic N) is 1. The van der Waals surface area contributed by atoms with Crippen molar-refractivity contribution in [1.82, 2.24) is 4.31 Å². The van der Waals surface area contributed by atoms with E-state index in [1.54, 1.807) is 4.31 Å². The van der Waals surface area contributed by atoms with Crippen molar-refractivity contribution in [3.63, 3.8) is 0 Å². The van der Waals surface area contributed by atoms with Crippen LogP contribution in [-0.2, 0) is 10.0 Å². The van der Waals surface area contributed by atoms with Crippen LogP contribution in [0.2, 0.25) is 0 Å². The van der Waals surface area contributed by atoms with Crippen molar-refractivity contribution in [1.29, 1.82) is 0 Å². The lowest BCUT2D eigenvalue weighted by Crippen LogP contribution is -2.45. The Hall–Kier alpha value is -0.130. The molecule has 0 aromatic rings. The first kappa shape index (κ1) is 13.3. The maximum atomic E-state index is 12.3. The van der Waals surface area contributed by atoms with E-state index >= 15 is 0 Å². The SMILES string of the molecule is CCN(C1CCC(N)CC1)S(=O)(=O)CC1CC1. The molecule has 0 aromatic carbocycles. The van der Waals surface area contributed by atoms with Gasteiger partial charge < -0.3 is 5.73 Å². The zero-order valence-corrected chi connectivity index (χ0v) is 11.5. The van der Waals surface area contributed by atoms with Gasteiger partial charge in [-0.25, -0.2) is 8.42 Å². The van der Waals surface area contributed by atoms with E-state index < -0.39 is 10.0 Å². The first-order chi connectivity index (χ1) is 8.03. The molecule has 2 rings (SSSR count). The Morgan fingerprint density at radius 3 is 2.18 bits per heavy atom. The molecule has 0 radical (unpaired) electrons. The smallest absolute Gasteiger partial charge is 0.214 e. The predicted molar refractivity (Wildman–Crippen MR) is 69.1 cm³/mol. The average Bonchev–Trinajstić information content (AvgIpc) is 3.04. The molecule has 2 aliphatic carbocycles. The van der Waals surface area contributed by atoms with Crippen molar-refractivity contribution < 1.29 is 8.42 Å². The number of nitrogens with two attached hydrogens (primary N) is 1. The van der Waals surface area contributed by atoms with Gasteiger partial charge >= 0.3 is 0 Å². The summed E-state index contributed by atoms with van der Waals surface area (Å²) < 4.78 is 26.3. The molecule has 0 aliphatic heterocycles. The monoisotopic (exact) mass is 260 g/mol. The van der Waals surface area contributed by atoms with Crippen molar-refractivity contribution >= 4 is 10.0 Å². The van der Waals surface area contributed by atoms with Gasteiger partial charge in [0.15, 0.2) is 0 Å². The van der Waals surface area contributed by atoms with Crippen LogP contribution in [0.15, 0.2) is 0 Å². The van der Waals surface area contributed by atoms with E-state index in [1.807, 2.05) is 6.92 Å². The minimum absolute atomic E-state index is 0.198. The molecule has 0 spiro atoms. The van der Waals surface area contributed by atoms with Crippen molar-refractivity contribution in [2.45, 2.75) is 57.5 Å². The molecule has 17 heavy (non-hydrogen) atoms. The topological polar surface area (TPSA) is 63.4 Å². The van der Waals surface area contributed by atoms with E-state index in [0.29, 0.717) is 18.2 Å². The predicted octanol–water partition coefficient (Wildman–Crippen LogP) is 1.32. The molecular formula is C12H24N2O2S. The molecule has 2 N–H and O–H groups in total. The fraction of sp³-hybridized carbons (Fsp3) is 1.00. The summed E-state index contributed by atoms with van der Waals surface area (Å²) in [6, 6.07) is 0.472. The second-order valence-corrected chi connectivity index (χ2v) is 7.46. The highest BCUT2D eigenvalue weighted by molar-refractivity contribution is 7.89. The minimum atomic E-state index is -3.03. The van der Waals surface area contributed by atoms with Crippen LogP contribution in [0.5, 0.6) is 0 Å². The van der Waals surface area contributed by atoms with Gasteiger partial charge in [-0.2, -0.15) is 4.31 Å². The maximum absolute atomic E-state index is 12.3. The quantitative estimate of drug-likeness (QED) is 0.811. The second-order valence-electron chi connectivity index (χ2n) is 5.49. The molecule has 0 bridgehead atoms. The summed E-state index contributed by atoms with van der Waals surface area (Å²) in [5.74, 6) is 0.795. The third-order valence-electron chi connectivity index (χ3n) is 3.96. The third-order valence-corrected chi connectivity index (χ3v) is 6.12. The molecule has 4 nitrogen and oxygen atoms in total. The largest absolute Gasteiger partial charge is 0.328 e. The van der Waals surface area contributed by atoms with Gasteiger partial charge in [-0.3, -0.25) is 0 Å². The maximum Gasteiger partial charge on any atom is 0.214 e. The molecule has 0 atom stereocenters. The Kier molecular flexibility index (Phi) is 4.10. The van der Waals surface area contributed by atoms with Crippen LogP contribution in [0.25, 0.3) is 0 Å². The Morgan fingerprint density at radius 2 is 1.71 bits per heavy atom. The van der Waals surface area contributed by atoms with Gasteiger partial charge in [-0.15, -0.1) is 0 Å². The molecule has 0 amide bonds. The molecule has 5 heteroatoms. The lowest BCUT2D eigenvalue weighted by atomic mass is 9.92. The van der Waals surface area contributed by atoms with Crippen LogP contribution in [0.1, 0.15) is 45.4 Å². The van der Waals surface area contributed by atoms with E-state index in [2.05, 4.69) is 0 Å². The second kappa shape index (κ2) is 5.24. The normalized spacial score (nSPS) is 30.8. The summed E-state index contributed by atoms with van der Waals surface area (Å²) in [6.07, 6.45) is 5.96. The van der Waals surface area contributed by atoms with Gasteiger partial charge in [0, 0.05) is 18.6 Å². The van der Waals surface area contributed by atoms with Crippen molar-refractivity contribution in [2.24, 2.45) is 11.7 Å². The van der Waals surface area contributed by atoms with Gasteiger partial charge in [-0.1, -0.05) is 6.92 Å². The van der Waals surface area contributed by atoms with Gasteiger partial charge in [0.25, 0.3) is 0 Å². The van der Waals surface area contributed by atoms with Gasteiger partial charge in [-0.05, 0) is 44.4 Å². The standard InChI is InChI=1S/C12H24N2O2S/c1-2-14(12-7-5-11(13)6-8-12)17(15,16)9-10-3-4-10/h10-12H,2-9,13H2,1H3. The van der Waals surface area contributed by atoms with E-state index in [-0.39, 0.29) is 12.1 Å². The molecule has 0 aromatic heterocycles. The number of sulfonamides is 1. The van der Waals surface area contributed by atoms with Crippen LogP contribution < -0.4 is 5.73 Å². The van der Waals surface area contributed by atoms with E-state index in [1.165, 1.54) is 0 Å². The minimum Gasteiger partial charge on any atom is -0.328 e. The third kappa shape index (κ3) is 3.42. The summed E-state index contributed by atoms with van der Waals surface area (Å²) in [4.78, 5) is 0. The number of hydrogen-bond acceptors (Lipinski definition) is 3. The van der Waals surface area contributed by atoms with Gasteiger partial charge in [0.2, 0.25) is 10.0 Å². The molecule has 0 saturated heterocycles. The van der Waals surface area contributed by atoms with E-state index in [9.17, 15) is 8.42 Å². The summed E-state index contributed by atoms with van der Waals surface area (Å²) in [5, 5.41) is 0. The van der Waals surface area contributed by atoms with Crippen LogP contribution in [0.3, 0.4) is 0 Å². The van der Waals surface area contributed by atoms with Crippen LogP contribution >= 0.6 is 0 Å². The molecule has 0 heterocycles. The Morgan fingerprint density at radius 1 is 1.12 bits per heavy atom. The van der Waals surface area contributed by atoms with Crippen LogP contribution in [0.4, 0.5) is 0 Å². The molecule has 2 saturated carbocycles.